The number of carboxylic acids is 1. The molecule has 1 fully saturated rings. The summed E-state index contributed by atoms with van der Waals surface area (Å²) in [6, 6.07) is 4.63. The molecule has 0 bridgehead atoms. The largest absolute Gasteiger partial charge is 0.483 e. The Hall–Kier alpha value is -2.64. The van der Waals surface area contributed by atoms with Crippen LogP contribution in [0.1, 0.15) is 18.4 Å². The minimum Gasteiger partial charge on any atom is -0.483 e. The predicted octanol–water partition coefficient (Wildman–Crippen LogP) is 3.95. The maximum absolute atomic E-state index is 13.6. The van der Waals surface area contributed by atoms with Crippen LogP contribution >= 0.6 is 0 Å². The predicted molar refractivity (Wildman–Crippen MR) is 79.7 cm³/mol. The van der Waals surface area contributed by atoms with E-state index in [0.717, 1.165) is 18.2 Å². The van der Waals surface area contributed by atoms with Crippen LogP contribution in [0.25, 0.3) is 11.1 Å². The van der Waals surface area contributed by atoms with E-state index < -0.39 is 30.0 Å². The summed E-state index contributed by atoms with van der Waals surface area (Å²) in [6.45, 7) is -1.52. The molecule has 8 heteroatoms. The van der Waals surface area contributed by atoms with Gasteiger partial charge in [0.15, 0.2) is 6.61 Å². The van der Waals surface area contributed by atoms with Crippen LogP contribution in [0.4, 0.5) is 17.6 Å². The second-order valence-corrected chi connectivity index (χ2v) is 5.89. The lowest BCUT2D eigenvalue weighted by molar-refractivity contribution is -0.153. The highest BCUT2D eigenvalue weighted by atomic mass is 19.4. The topological polar surface area (TPSA) is 59.4 Å². The number of hydrogen-bond acceptors (Lipinski definition) is 3. The van der Waals surface area contributed by atoms with Crippen molar-refractivity contribution in [2.45, 2.75) is 24.4 Å². The lowest BCUT2D eigenvalue weighted by Gasteiger charge is -2.15. The summed E-state index contributed by atoms with van der Waals surface area (Å²) in [7, 11) is 0. The van der Waals surface area contributed by atoms with Gasteiger partial charge in [-0.05, 0) is 42.7 Å². The number of carbonyl (C=O) groups is 1. The van der Waals surface area contributed by atoms with Gasteiger partial charge in [0.1, 0.15) is 11.6 Å². The molecule has 132 valence electrons. The van der Waals surface area contributed by atoms with Crippen molar-refractivity contribution in [1.82, 2.24) is 4.98 Å². The van der Waals surface area contributed by atoms with Gasteiger partial charge in [0, 0.05) is 23.5 Å². The molecule has 1 saturated carbocycles. The minimum absolute atomic E-state index is 0.0831. The number of carboxylic acid groups (broad SMARTS) is 1. The van der Waals surface area contributed by atoms with E-state index in [1.807, 2.05) is 0 Å². The summed E-state index contributed by atoms with van der Waals surface area (Å²) in [4.78, 5) is 15.4. The molecule has 0 saturated heterocycles. The van der Waals surface area contributed by atoms with E-state index in [2.05, 4.69) is 4.98 Å². The number of halogens is 4. The van der Waals surface area contributed by atoms with Crippen LogP contribution in [0, 0.1) is 5.82 Å². The first kappa shape index (κ1) is 17.2. The van der Waals surface area contributed by atoms with Crippen LogP contribution < -0.4 is 4.74 Å². The third-order valence-corrected chi connectivity index (χ3v) is 4.09. The van der Waals surface area contributed by atoms with Crippen LogP contribution in [0.3, 0.4) is 0 Å². The van der Waals surface area contributed by atoms with Gasteiger partial charge in [0.2, 0.25) is 0 Å². The molecule has 1 aromatic heterocycles. The van der Waals surface area contributed by atoms with Crippen molar-refractivity contribution in [2.24, 2.45) is 0 Å². The highest BCUT2D eigenvalue weighted by Gasteiger charge is 2.52. The zero-order valence-electron chi connectivity index (χ0n) is 12.8. The Morgan fingerprint density at radius 2 is 1.96 bits per heavy atom. The third-order valence-electron chi connectivity index (χ3n) is 4.09. The van der Waals surface area contributed by atoms with Crippen LogP contribution in [0.15, 0.2) is 36.7 Å². The van der Waals surface area contributed by atoms with Gasteiger partial charge < -0.3 is 9.84 Å². The van der Waals surface area contributed by atoms with Crippen LogP contribution in [-0.2, 0) is 10.2 Å². The molecule has 1 aliphatic carbocycles. The number of alkyl halides is 3. The first-order chi connectivity index (χ1) is 11.7. The smallest absolute Gasteiger partial charge is 0.422 e. The number of aliphatic carboxylic acids is 1. The number of pyridine rings is 1. The Kier molecular flexibility index (Phi) is 4.14. The maximum Gasteiger partial charge on any atom is 0.422 e. The molecule has 1 aromatic carbocycles. The zero-order chi connectivity index (χ0) is 18.2. The van der Waals surface area contributed by atoms with Gasteiger partial charge in [0.25, 0.3) is 0 Å². The first-order valence-corrected chi connectivity index (χ1v) is 7.40. The van der Waals surface area contributed by atoms with Crippen molar-refractivity contribution in [1.29, 1.82) is 0 Å². The SMILES string of the molecule is O=C(O)C1(c2cncc(-c3cc(F)ccc3OCC(F)(F)F)c2)CC1. The van der Waals surface area contributed by atoms with Gasteiger partial charge in [-0.1, -0.05) is 0 Å². The fourth-order valence-corrected chi connectivity index (χ4v) is 2.61. The van der Waals surface area contributed by atoms with Crippen LogP contribution in [-0.4, -0.2) is 28.8 Å². The van der Waals surface area contributed by atoms with Crippen molar-refractivity contribution in [3.8, 4) is 16.9 Å². The van der Waals surface area contributed by atoms with Gasteiger partial charge >= 0.3 is 12.1 Å². The Morgan fingerprint density at radius 3 is 2.56 bits per heavy atom. The van der Waals surface area contributed by atoms with Crippen molar-refractivity contribution in [3.05, 3.63) is 48.0 Å². The van der Waals surface area contributed by atoms with E-state index in [0.29, 0.717) is 24.0 Å². The number of rotatable bonds is 5. The number of nitrogens with zero attached hydrogens (tertiary/aromatic N) is 1. The lowest BCUT2D eigenvalue weighted by Crippen LogP contribution is -2.20. The molecule has 0 aliphatic heterocycles. The Bertz CT molecular complexity index is 816. The summed E-state index contributed by atoms with van der Waals surface area (Å²) >= 11 is 0. The molecule has 1 aliphatic rings. The molecule has 0 atom stereocenters. The summed E-state index contributed by atoms with van der Waals surface area (Å²) in [5.41, 5.74) is -0.214. The third kappa shape index (κ3) is 3.57. The van der Waals surface area contributed by atoms with Gasteiger partial charge in [-0.2, -0.15) is 13.2 Å². The van der Waals surface area contributed by atoms with Gasteiger partial charge in [-0.25, -0.2) is 4.39 Å². The number of hydrogen-bond donors (Lipinski definition) is 1. The number of aromatic nitrogens is 1. The Morgan fingerprint density at radius 1 is 1.24 bits per heavy atom. The van der Waals surface area contributed by atoms with E-state index in [4.69, 9.17) is 4.74 Å². The molecule has 0 amide bonds. The van der Waals surface area contributed by atoms with Crippen molar-refractivity contribution in [3.63, 3.8) is 0 Å². The number of benzene rings is 1. The quantitative estimate of drug-likeness (QED) is 0.826. The van der Waals surface area contributed by atoms with Gasteiger partial charge in [-0.3, -0.25) is 9.78 Å². The second kappa shape index (κ2) is 6.02. The summed E-state index contributed by atoms with van der Waals surface area (Å²) in [6.07, 6.45) is -0.897. The van der Waals surface area contributed by atoms with Gasteiger partial charge in [0.05, 0.1) is 5.41 Å². The highest BCUT2D eigenvalue weighted by molar-refractivity contribution is 5.85. The molecule has 2 aromatic rings. The molecule has 25 heavy (non-hydrogen) atoms. The van der Waals surface area contributed by atoms with Crippen molar-refractivity contribution >= 4 is 5.97 Å². The minimum atomic E-state index is -4.53. The van der Waals surface area contributed by atoms with Gasteiger partial charge in [-0.15, -0.1) is 0 Å². The average Bonchev–Trinajstić information content (AvgIpc) is 3.35. The van der Waals surface area contributed by atoms with E-state index in [9.17, 15) is 27.5 Å². The normalized spacial score (nSPS) is 15.7. The van der Waals surface area contributed by atoms with E-state index in [1.54, 1.807) is 0 Å². The summed E-state index contributed by atoms with van der Waals surface area (Å²) in [5, 5.41) is 9.35. The van der Waals surface area contributed by atoms with Crippen molar-refractivity contribution in [2.75, 3.05) is 6.61 Å². The standard InChI is InChI=1S/C17H13F4NO3/c18-12-1-2-14(25-9-17(19,20)21)13(6-12)10-5-11(8-22-7-10)16(3-4-16)15(23)24/h1-2,5-8H,3-4,9H2,(H,23,24). The molecule has 0 unspecified atom stereocenters. The van der Waals surface area contributed by atoms with Crippen LogP contribution in [0.5, 0.6) is 5.75 Å². The second-order valence-electron chi connectivity index (χ2n) is 5.89. The average molecular weight is 355 g/mol. The summed E-state index contributed by atoms with van der Waals surface area (Å²) in [5.74, 6) is -1.80. The summed E-state index contributed by atoms with van der Waals surface area (Å²) < 4.78 is 55.5. The monoisotopic (exact) mass is 355 g/mol. The Labute approximate surface area is 140 Å². The lowest BCUT2D eigenvalue weighted by atomic mass is 9.95. The Balaban J connectivity index is 1.99. The molecule has 0 radical (unpaired) electrons. The molecule has 3 rings (SSSR count). The van der Waals surface area contributed by atoms with Crippen molar-refractivity contribution < 1.29 is 32.2 Å². The molecule has 0 spiro atoms. The molecular formula is C17H13F4NO3. The molecule has 4 nitrogen and oxygen atoms in total. The fraction of sp³-hybridized carbons (Fsp3) is 0.294. The van der Waals surface area contributed by atoms with E-state index >= 15 is 0 Å². The molecule has 1 heterocycles. The van der Waals surface area contributed by atoms with E-state index in [1.165, 1.54) is 18.5 Å². The van der Waals surface area contributed by atoms with E-state index in [-0.39, 0.29) is 11.3 Å². The highest BCUT2D eigenvalue weighted by Crippen LogP contribution is 2.49. The van der Waals surface area contributed by atoms with Crippen LogP contribution in [0.2, 0.25) is 0 Å². The fourth-order valence-electron chi connectivity index (χ4n) is 2.61. The number of ether oxygens (including phenoxy) is 1. The zero-order valence-corrected chi connectivity index (χ0v) is 12.8. The maximum atomic E-state index is 13.6. The first-order valence-electron chi connectivity index (χ1n) is 7.40. The molecular weight excluding hydrogens is 342 g/mol. The molecule has 1 N–H and O–H groups in total.